The number of likely N-dealkylation sites (N-methyl/N-ethyl adjacent to an activating group) is 1. The van der Waals surface area contributed by atoms with Crippen LogP contribution in [-0.2, 0) is 35.8 Å². The fraction of sp³-hybridized carbons (Fsp3) is 0.400. The molecule has 10 heteroatoms. The number of nitrogens with zero attached hydrogens (tertiary/aromatic N) is 4. The van der Waals surface area contributed by atoms with Gasteiger partial charge in [0.1, 0.15) is 13.2 Å². The number of cyclic esters (lactones) is 1. The standard InChI is InChI=1S/C35H39FN5O4/c1-5-23-24-14-31-33-27(18-40(31)34(42)28(24)20-45-35(23)43)26(25-15-32(44-4)29(36)16-30(25)38-33)17-39-10-12-41(3,13-11-39)19-21-6-8-22(37-2)9-7-21/h6-9,14-16,23,37H,5,10-13,17-20H2,1-4H3/q+1/t23-/m1/s1. The molecule has 3 aliphatic heterocycles. The number of anilines is 1. The summed E-state index contributed by atoms with van der Waals surface area (Å²) in [5.74, 6) is -1.10. The van der Waals surface area contributed by atoms with Gasteiger partial charge in [-0.15, -0.1) is 0 Å². The largest absolute Gasteiger partial charge is 0.494 e. The molecule has 2 aromatic carbocycles. The minimum atomic E-state index is -0.486. The molecular formula is C35H39FN5O4+. The Bertz CT molecular complexity index is 1880. The highest BCUT2D eigenvalue weighted by Gasteiger charge is 2.36. The van der Waals surface area contributed by atoms with Crippen LogP contribution in [0.3, 0.4) is 0 Å². The van der Waals surface area contributed by atoms with Gasteiger partial charge in [0.05, 0.1) is 62.2 Å². The number of halogens is 1. The zero-order valence-electron chi connectivity index (χ0n) is 26.3. The zero-order chi connectivity index (χ0) is 31.5. The molecule has 234 valence electrons. The van der Waals surface area contributed by atoms with Crippen LogP contribution < -0.4 is 15.6 Å². The number of quaternary nitrogens is 1. The van der Waals surface area contributed by atoms with Gasteiger partial charge in [-0.3, -0.25) is 14.5 Å². The van der Waals surface area contributed by atoms with Gasteiger partial charge in [-0.05, 0) is 41.8 Å². The number of carbonyl (C=O) groups is 1. The number of pyridine rings is 2. The summed E-state index contributed by atoms with van der Waals surface area (Å²) in [7, 11) is 5.71. The Hall–Kier alpha value is -4.28. The highest BCUT2D eigenvalue weighted by Crippen LogP contribution is 2.40. The van der Waals surface area contributed by atoms with Crippen molar-refractivity contribution >= 4 is 22.6 Å². The van der Waals surface area contributed by atoms with Gasteiger partial charge in [0, 0.05) is 54.9 Å². The van der Waals surface area contributed by atoms with Crippen molar-refractivity contribution in [1.29, 1.82) is 0 Å². The molecule has 4 aromatic rings. The number of ether oxygens (including phenoxy) is 2. The maximum Gasteiger partial charge on any atom is 0.313 e. The highest BCUT2D eigenvalue weighted by atomic mass is 19.1. The molecule has 45 heavy (non-hydrogen) atoms. The highest BCUT2D eigenvalue weighted by molar-refractivity contribution is 5.89. The normalized spacial score (nSPS) is 18.7. The summed E-state index contributed by atoms with van der Waals surface area (Å²) >= 11 is 0. The molecule has 1 saturated heterocycles. The van der Waals surface area contributed by atoms with Crippen LogP contribution in [0.4, 0.5) is 10.1 Å². The second kappa shape index (κ2) is 11.3. The number of hydrogen-bond acceptors (Lipinski definition) is 7. The molecule has 0 aliphatic carbocycles. The zero-order valence-corrected chi connectivity index (χ0v) is 26.3. The Morgan fingerprint density at radius 2 is 1.87 bits per heavy atom. The van der Waals surface area contributed by atoms with Crippen molar-refractivity contribution in [3.05, 3.63) is 86.5 Å². The van der Waals surface area contributed by atoms with E-state index >= 15 is 4.39 Å². The van der Waals surface area contributed by atoms with Crippen molar-refractivity contribution in [2.45, 2.75) is 45.5 Å². The first kappa shape index (κ1) is 29.4. The number of fused-ring (bicyclic) bond motifs is 5. The topological polar surface area (TPSA) is 85.7 Å². The summed E-state index contributed by atoms with van der Waals surface area (Å²) in [6.07, 6.45) is 0.538. The second-order valence-corrected chi connectivity index (χ2v) is 12.8. The lowest BCUT2D eigenvalue weighted by atomic mass is 9.90. The molecule has 0 radical (unpaired) electrons. The maximum atomic E-state index is 15.0. The van der Waals surface area contributed by atoms with Gasteiger partial charge >= 0.3 is 5.97 Å². The smallest absolute Gasteiger partial charge is 0.313 e. The van der Waals surface area contributed by atoms with E-state index in [0.29, 0.717) is 42.0 Å². The van der Waals surface area contributed by atoms with Crippen molar-refractivity contribution in [1.82, 2.24) is 14.5 Å². The van der Waals surface area contributed by atoms with E-state index in [0.717, 1.165) is 65.0 Å². The molecule has 3 aliphatic rings. The first-order valence-electron chi connectivity index (χ1n) is 15.7. The number of esters is 1. The lowest BCUT2D eigenvalue weighted by molar-refractivity contribution is -0.926. The lowest BCUT2D eigenvalue weighted by Gasteiger charge is -2.42. The summed E-state index contributed by atoms with van der Waals surface area (Å²) < 4.78 is 28.5. The van der Waals surface area contributed by atoms with Crippen LogP contribution in [0, 0.1) is 5.82 Å². The van der Waals surface area contributed by atoms with Crippen molar-refractivity contribution in [2.75, 3.05) is 52.7 Å². The van der Waals surface area contributed by atoms with Crippen molar-refractivity contribution in [2.24, 2.45) is 0 Å². The molecule has 1 N–H and O–H groups in total. The van der Waals surface area contributed by atoms with E-state index in [1.807, 2.05) is 20.0 Å². The average molecular weight is 613 g/mol. The minimum Gasteiger partial charge on any atom is -0.494 e. The van der Waals surface area contributed by atoms with Crippen molar-refractivity contribution in [3.63, 3.8) is 0 Å². The molecule has 0 spiro atoms. The minimum absolute atomic E-state index is 0.0186. The van der Waals surface area contributed by atoms with Gasteiger partial charge < -0.3 is 23.8 Å². The van der Waals surface area contributed by atoms with Crippen LogP contribution in [0.25, 0.3) is 22.3 Å². The summed E-state index contributed by atoms with van der Waals surface area (Å²) in [6.45, 7) is 7.68. The van der Waals surface area contributed by atoms with Crippen LogP contribution >= 0.6 is 0 Å². The number of benzene rings is 2. The molecule has 0 unspecified atom stereocenters. The quantitative estimate of drug-likeness (QED) is 0.212. The molecule has 2 aromatic heterocycles. The Morgan fingerprint density at radius 3 is 2.56 bits per heavy atom. The van der Waals surface area contributed by atoms with Crippen LogP contribution in [0.1, 0.15) is 47.1 Å². The van der Waals surface area contributed by atoms with Gasteiger partial charge in [-0.25, -0.2) is 9.37 Å². The molecular weight excluding hydrogens is 573 g/mol. The molecule has 0 saturated carbocycles. The number of methoxy groups -OCH3 is 1. The SMILES string of the molecule is CC[C@H]1C(=O)OCc2c1cc1n(c2=O)Cc2c-1nc1cc(F)c(OC)cc1c2CN1CC[N+](C)(Cc2ccc(NC)cc2)CC1. The number of nitrogens with one attached hydrogen (secondary N) is 1. The second-order valence-electron chi connectivity index (χ2n) is 12.8. The maximum absolute atomic E-state index is 15.0. The third-order valence-electron chi connectivity index (χ3n) is 10.00. The summed E-state index contributed by atoms with van der Waals surface area (Å²) in [4.78, 5) is 33.7. The van der Waals surface area contributed by atoms with Crippen molar-refractivity contribution in [3.8, 4) is 17.1 Å². The van der Waals surface area contributed by atoms with Gasteiger partial charge in [-0.1, -0.05) is 19.1 Å². The summed E-state index contributed by atoms with van der Waals surface area (Å²) in [5.41, 5.74) is 7.40. The van der Waals surface area contributed by atoms with Crippen LogP contribution in [-0.4, -0.2) is 72.3 Å². The van der Waals surface area contributed by atoms with Crippen LogP contribution in [0.15, 0.2) is 47.3 Å². The number of hydrogen-bond donors (Lipinski definition) is 1. The number of aromatic nitrogens is 2. The van der Waals surface area contributed by atoms with Crippen LogP contribution in [0.2, 0.25) is 0 Å². The van der Waals surface area contributed by atoms with E-state index in [4.69, 9.17) is 14.5 Å². The van der Waals surface area contributed by atoms with Gasteiger partial charge in [-0.2, -0.15) is 0 Å². The summed E-state index contributed by atoms with van der Waals surface area (Å²) in [5, 5.41) is 4.01. The number of piperazine rings is 1. The number of carbonyl (C=O) groups excluding carboxylic acids is 1. The monoisotopic (exact) mass is 612 g/mol. The predicted molar refractivity (Wildman–Crippen MR) is 171 cm³/mol. The van der Waals surface area contributed by atoms with E-state index in [-0.39, 0.29) is 23.9 Å². The Labute approximate surface area is 261 Å². The lowest BCUT2D eigenvalue weighted by Crippen LogP contribution is -2.56. The fourth-order valence-electron chi connectivity index (χ4n) is 7.27. The van der Waals surface area contributed by atoms with E-state index in [9.17, 15) is 9.59 Å². The van der Waals surface area contributed by atoms with Crippen LogP contribution in [0.5, 0.6) is 5.75 Å². The third-order valence-corrected chi connectivity index (χ3v) is 10.00. The molecule has 0 bridgehead atoms. The first-order valence-corrected chi connectivity index (χ1v) is 15.7. The third kappa shape index (κ3) is 5.06. The molecule has 1 fully saturated rings. The van der Waals surface area contributed by atoms with Gasteiger partial charge in [0.15, 0.2) is 11.6 Å². The Morgan fingerprint density at radius 1 is 1.11 bits per heavy atom. The molecule has 9 nitrogen and oxygen atoms in total. The Kier molecular flexibility index (Phi) is 7.37. The van der Waals surface area contributed by atoms with Gasteiger partial charge in [0.2, 0.25) is 0 Å². The molecule has 0 amide bonds. The molecule has 5 heterocycles. The first-order chi connectivity index (χ1) is 21.7. The van der Waals surface area contributed by atoms with E-state index in [2.05, 4.69) is 41.5 Å². The van der Waals surface area contributed by atoms with Crippen molar-refractivity contribution < 1.29 is 23.1 Å². The van der Waals surface area contributed by atoms with E-state index in [1.165, 1.54) is 18.7 Å². The predicted octanol–water partition coefficient (Wildman–Crippen LogP) is 4.63. The number of rotatable bonds is 7. The molecule has 1 atom stereocenters. The van der Waals surface area contributed by atoms with Gasteiger partial charge in [0.25, 0.3) is 5.56 Å². The van der Waals surface area contributed by atoms with E-state index in [1.54, 1.807) is 10.6 Å². The Balaban J connectivity index is 1.24. The molecule has 7 rings (SSSR count). The average Bonchev–Trinajstić information content (AvgIpc) is 3.40. The fourth-order valence-corrected chi connectivity index (χ4v) is 7.27. The summed E-state index contributed by atoms with van der Waals surface area (Å²) in [6, 6.07) is 13.7. The van der Waals surface area contributed by atoms with E-state index < -0.39 is 11.7 Å².